The number of piperidine rings is 1. The van der Waals surface area contributed by atoms with Gasteiger partial charge in [0.2, 0.25) is 10.0 Å². The second kappa shape index (κ2) is 5.36. The third kappa shape index (κ3) is 3.59. The van der Waals surface area contributed by atoms with Gasteiger partial charge in [-0.05, 0) is 32.0 Å². The Balaban J connectivity index is 2.08. The SMILES string of the molecule is CN1CCC(Oc2ccc(S(N)(=O)=O)c(N)c2)CC1. The third-order valence-electron chi connectivity index (χ3n) is 3.26. The number of ether oxygens (including phenoxy) is 1. The maximum Gasteiger partial charge on any atom is 0.240 e. The summed E-state index contributed by atoms with van der Waals surface area (Å²) in [4.78, 5) is 2.18. The molecule has 0 saturated carbocycles. The van der Waals surface area contributed by atoms with E-state index in [-0.39, 0.29) is 16.7 Å². The zero-order valence-electron chi connectivity index (χ0n) is 10.9. The molecule has 1 fully saturated rings. The zero-order valence-corrected chi connectivity index (χ0v) is 11.7. The number of rotatable bonds is 3. The van der Waals surface area contributed by atoms with E-state index < -0.39 is 10.0 Å². The number of likely N-dealkylation sites (tertiary alicyclic amines) is 1. The smallest absolute Gasteiger partial charge is 0.240 e. The summed E-state index contributed by atoms with van der Waals surface area (Å²) in [5.41, 5.74) is 5.81. The normalized spacial score (nSPS) is 18.4. The van der Waals surface area contributed by atoms with Gasteiger partial charge in [0.1, 0.15) is 16.7 Å². The van der Waals surface area contributed by atoms with Crippen molar-refractivity contribution >= 4 is 15.7 Å². The lowest BCUT2D eigenvalue weighted by Gasteiger charge is -2.29. The van der Waals surface area contributed by atoms with Crippen molar-refractivity contribution in [2.24, 2.45) is 5.14 Å². The van der Waals surface area contributed by atoms with Gasteiger partial charge in [-0.15, -0.1) is 0 Å². The molecule has 4 N–H and O–H groups in total. The highest BCUT2D eigenvalue weighted by Crippen LogP contribution is 2.25. The number of benzene rings is 1. The summed E-state index contributed by atoms with van der Waals surface area (Å²) >= 11 is 0. The highest BCUT2D eigenvalue weighted by molar-refractivity contribution is 7.89. The van der Waals surface area contributed by atoms with Gasteiger partial charge >= 0.3 is 0 Å². The second-order valence-corrected chi connectivity index (χ2v) is 6.39. The van der Waals surface area contributed by atoms with Crippen molar-refractivity contribution in [3.8, 4) is 5.75 Å². The first-order valence-electron chi connectivity index (χ1n) is 6.14. The topological polar surface area (TPSA) is 98.6 Å². The minimum absolute atomic E-state index is 0.0665. The van der Waals surface area contributed by atoms with E-state index in [0.717, 1.165) is 25.9 Å². The number of hydrogen-bond acceptors (Lipinski definition) is 5. The molecule has 1 aliphatic rings. The third-order valence-corrected chi connectivity index (χ3v) is 4.24. The van der Waals surface area contributed by atoms with Gasteiger partial charge in [-0.2, -0.15) is 0 Å². The molecule has 106 valence electrons. The molecule has 0 radical (unpaired) electrons. The first kappa shape index (κ1) is 14.1. The predicted octanol–water partition coefficient (Wildman–Crippen LogP) is 0.389. The van der Waals surface area contributed by atoms with Crippen molar-refractivity contribution in [2.75, 3.05) is 25.9 Å². The van der Waals surface area contributed by atoms with Crippen molar-refractivity contribution in [1.29, 1.82) is 0 Å². The van der Waals surface area contributed by atoms with Crippen molar-refractivity contribution < 1.29 is 13.2 Å². The highest BCUT2D eigenvalue weighted by atomic mass is 32.2. The standard InChI is InChI=1S/C12H19N3O3S/c1-15-6-4-9(5-7-15)18-10-2-3-12(11(13)8-10)19(14,16)17/h2-3,8-9H,4-7,13H2,1H3,(H2,14,16,17). The average Bonchev–Trinajstić information content (AvgIpc) is 2.30. The van der Waals surface area contributed by atoms with E-state index in [9.17, 15) is 8.42 Å². The Hall–Kier alpha value is -1.31. The lowest BCUT2D eigenvalue weighted by atomic mass is 10.1. The van der Waals surface area contributed by atoms with Gasteiger partial charge in [0.05, 0.1) is 5.69 Å². The molecule has 1 heterocycles. The first-order chi connectivity index (χ1) is 8.86. The van der Waals surface area contributed by atoms with Crippen LogP contribution in [0.2, 0.25) is 0 Å². The van der Waals surface area contributed by atoms with E-state index in [0.29, 0.717) is 5.75 Å². The summed E-state index contributed by atoms with van der Waals surface area (Å²) in [7, 11) is -1.70. The monoisotopic (exact) mass is 285 g/mol. The lowest BCUT2D eigenvalue weighted by molar-refractivity contribution is 0.114. The molecule has 0 atom stereocenters. The molecule has 1 aliphatic heterocycles. The van der Waals surface area contributed by atoms with Gasteiger partial charge in [0.25, 0.3) is 0 Å². The average molecular weight is 285 g/mol. The molecular formula is C12H19N3O3S. The molecule has 0 aliphatic carbocycles. The van der Waals surface area contributed by atoms with Crippen LogP contribution in [0, 0.1) is 0 Å². The number of sulfonamides is 1. The summed E-state index contributed by atoms with van der Waals surface area (Å²) in [6.07, 6.45) is 2.05. The summed E-state index contributed by atoms with van der Waals surface area (Å²) in [6, 6.07) is 4.49. The fourth-order valence-corrected chi connectivity index (χ4v) is 2.80. The molecule has 19 heavy (non-hydrogen) atoms. The van der Waals surface area contributed by atoms with Gasteiger partial charge in [-0.3, -0.25) is 0 Å². The van der Waals surface area contributed by atoms with Crippen LogP contribution < -0.4 is 15.6 Å². The Kier molecular flexibility index (Phi) is 3.98. The van der Waals surface area contributed by atoms with Crippen LogP contribution in [0.25, 0.3) is 0 Å². The van der Waals surface area contributed by atoms with Gasteiger partial charge in [-0.25, -0.2) is 13.6 Å². The largest absolute Gasteiger partial charge is 0.490 e. The Morgan fingerprint density at radius 1 is 1.32 bits per heavy atom. The maximum absolute atomic E-state index is 11.2. The molecule has 2 rings (SSSR count). The van der Waals surface area contributed by atoms with E-state index in [1.54, 1.807) is 6.07 Å². The number of nitrogen functional groups attached to an aromatic ring is 1. The summed E-state index contributed by atoms with van der Waals surface area (Å²) in [5.74, 6) is 0.583. The predicted molar refractivity (Wildman–Crippen MR) is 73.4 cm³/mol. The van der Waals surface area contributed by atoms with Crippen LogP contribution in [0.4, 0.5) is 5.69 Å². The fourth-order valence-electron chi connectivity index (χ4n) is 2.15. The first-order valence-corrected chi connectivity index (χ1v) is 7.68. The van der Waals surface area contributed by atoms with Crippen molar-refractivity contribution in [2.45, 2.75) is 23.8 Å². The Labute approximate surface area is 113 Å². The zero-order chi connectivity index (χ0) is 14.0. The van der Waals surface area contributed by atoms with Crippen LogP contribution in [-0.4, -0.2) is 39.6 Å². The molecule has 0 bridgehead atoms. The van der Waals surface area contributed by atoms with E-state index in [2.05, 4.69) is 11.9 Å². The molecule has 0 amide bonds. The molecule has 1 aromatic carbocycles. The van der Waals surface area contributed by atoms with Crippen LogP contribution in [-0.2, 0) is 10.0 Å². The van der Waals surface area contributed by atoms with E-state index >= 15 is 0 Å². The minimum atomic E-state index is -3.78. The molecule has 6 nitrogen and oxygen atoms in total. The Morgan fingerprint density at radius 3 is 2.47 bits per heavy atom. The molecule has 0 spiro atoms. The van der Waals surface area contributed by atoms with Crippen molar-refractivity contribution in [1.82, 2.24) is 4.90 Å². The number of hydrogen-bond donors (Lipinski definition) is 2. The van der Waals surface area contributed by atoms with Gasteiger partial charge in [-0.1, -0.05) is 0 Å². The van der Waals surface area contributed by atoms with Crippen molar-refractivity contribution in [3.63, 3.8) is 0 Å². The van der Waals surface area contributed by atoms with Crippen LogP contribution in [0.3, 0.4) is 0 Å². The highest BCUT2D eigenvalue weighted by Gasteiger charge is 2.19. The quantitative estimate of drug-likeness (QED) is 0.783. The maximum atomic E-state index is 11.2. The Morgan fingerprint density at radius 2 is 1.95 bits per heavy atom. The second-order valence-electron chi connectivity index (χ2n) is 4.87. The molecule has 7 heteroatoms. The number of anilines is 1. The van der Waals surface area contributed by atoms with E-state index in [4.69, 9.17) is 15.6 Å². The van der Waals surface area contributed by atoms with Gasteiger partial charge < -0.3 is 15.4 Å². The van der Waals surface area contributed by atoms with Crippen molar-refractivity contribution in [3.05, 3.63) is 18.2 Å². The summed E-state index contributed by atoms with van der Waals surface area (Å²) in [6.45, 7) is 1.99. The number of nitrogens with zero attached hydrogens (tertiary/aromatic N) is 1. The number of primary sulfonamides is 1. The molecule has 0 unspecified atom stereocenters. The summed E-state index contributed by atoms with van der Waals surface area (Å²) in [5, 5.41) is 5.05. The van der Waals surface area contributed by atoms with Gasteiger partial charge in [0.15, 0.2) is 0 Å². The van der Waals surface area contributed by atoms with E-state index in [1.165, 1.54) is 12.1 Å². The fraction of sp³-hybridized carbons (Fsp3) is 0.500. The molecule has 0 aromatic heterocycles. The van der Waals surface area contributed by atoms with Gasteiger partial charge in [0, 0.05) is 19.2 Å². The molecular weight excluding hydrogens is 266 g/mol. The lowest BCUT2D eigenvalue weighted by Crippen LogP contribution is -2.35. The molecule has 1 saturated heterocycles. The van der Waals surface area contributed by atoms with Crippen LogP contribution in [0.1, 0.15) is 12.8 Å². The molecule has 1 aromatic rings. The van der Waals surface area contributed by atoms with Crippen LogP contribution in [0.5, 0.6) is 5.75 Å². The number of nitrogens with two attached hydrogens (primary N) is 2. The van der Waals surface area contributed by atoms with Crippen LogP contribution >= 0.6 is 0 Å². The Bertz CT molecular complexity index is 551. The minimum Gasteiger partial charge on any atom is -0.490 e. The summed E-state index contributed by atoms with van der Waals surface area (Å²) < 4.78 is 28.3. The van der Waals surface area contributed by atoms with E-state index in [1.807, 2.05) is 0 Å². The van der Waals surface area contributed by atoms with Crippen LogP contribution in [0.15, 0.2) is 23.1 Å².